The van der Waals surface area contributed by atoms with E-state index in [0.29, 0.717) is 17.3 Å². The van der Waals surface area contributed by atoms with Gasteiger partial charge < -0.3 is 10.6 Å². The van der Waals surface area contributed by atoms with Crippen molar-refractivity contribution in [3.05, 3.63) is 29.3 Å². The summed E-state index contributed by atoms with van der Waals surface area (Å²) in [4.78, 5) is 14.2. The standard InChI is InChI=1S/C13H18N2OS/c1-9-5-10(7-11(14)6-9)13(16)15(2)12-3-4-17-8-12/h5-7,12H,3-4,8,14H2,1-2H3. The molecule has 2 rings (SSSR count). The number of benzene rings is 1. The van der Waals surface area contributed by atoms with Crippen molar-refractivity contribution in [2.24, 2.45) is 0 Å². The lowest BCUT2D eigenvalue weighted by Crippen LogP contribution is -2.37. The van der Waals surface area contributed by atoms with Crippen LogP contribution in [0, 0.1) is 6.92 Å². The molecule has 1 saturated heterocycles. The van der Waals surface area contributed by atoms with Crippen molar-refractivity contribution in [3.8, 4) is 0 Å². The monoisotopic (exact) mass is 250 g/mol. The Morgan fingerprint density at radius 2 is 2.24 bits per heavy atom. The number of thioether (sulfide) groups is 1. The van der Waals surface area contributed by atoms with Crippen LogP contribution in [-0.2, 0) is 0 Å². The van der Waals surface area contributed by atoms with Gasteiger partial charge in [0.15, 0.2) is 0 Å². The molecule has 0 aliphatic carbocycles. The van der Waals surface area contributed by atoms with Crippen LogP contribution in [0.15, 0.2) is 18.2 Å². The van der Waals surface area contributed by atoms with Crippen LogP contribution in [0.25, 0.3) is 0 Å². The van der Waals surface area contributed by atoms with Gasteiger partial charge in [-0.3, -0.25) is 4.79 Å². The first-order valence-electron chi connectivity index (χ1n) is 5.80. The maximum atomic E-state index is 12.3. The summed E-state index contributed by atoms with van der Waals surface area (Å²) < 4.78 is 0. The van der Waals surface area contributed by atoms with Crippen molar-refractivity contribution >= 4 is 23.4 Å². The molecule has 1 aliphatic heterocycles. The Balaban J connectivity index is 2.17. The maximum absolute atomic E-state index is 12.3. The first-order valence-corrected chi connectivity index (χ1v) is 6.95. The van der Waals surface area contributed by atoms with Gasteiger partial charge >= 0.3 is 0 Å². The van der Waals surface area contributed by atoms with Crippen molar-refractivity contribution < 1.29 is 4.79 Å². The van der Waals surface area contributed by atoms with Crippen LogP contribution < -0.4 is 5.73 Å². The molecule has 0 saturated carbocycles. The van der Waals surface area contributed by atoms with Crippen LogP contribution in [0.3, 0.4) is 0 Å². The summed E-state index contributed by atoms with van der Waals surface area (Å²) in [5, 5.41) is 0. The highest BCUT2D eigenvalue weighted by Gasteiger charge is 2.24. The SMILES string of the molecule is Cc1cc(N)cc(C(=O)N(C)C2CCSC2)c1. The number of carbonyl (C=O) groups is 1. The second-order valence-corrected chi connectivity index (χ2v) is 5.72. The number of rotatable bonds is 2. The van der Waals surface area contributed by atoms with Gasteiger partial charge in [0.05, 0.1) is 0 Å². The summed E-state index contributed by atoms with van der Waals surface area (Å²) in [7, 11) is 1.89. The van der Waals surface area contributed by atoms with Crippen molar-refractivity contribution in [3.63, 3.8) is 0 Å². The first kappa shape index (κ1) is 12.3. The molecule has 1 unspecified atom stereocenters. The van der Waals surface area contributed by atoms with Crippen LogP contribution in [0.5, 0.6) is 0 Å². The third kappa shape index (κ3) is 2.75. The van der Waals surface area contributed by atoms with E-state index in [9.17, 15) is 4.79 Å². The van der Waals surface area contributed by atoms with Gasteiger partial charge in [-0.15, -0.1) is 0 Å². The first-order chi connectivity index (χ1) is 8.08. The van der Waals surface area contributed by atoms with E-state index in [2.05, 4.69) is 0 Å². The number of aryl methyl sites for hydroxylation is 1. The predicted octanol–water partition coefficient (Wildman–Crippen LogP) is 2.15. The topological polar surface area (TPSA) is 46.3 Å². The largest absolute Gasteiger partial charge is 0.399 e. The van der Waals surface area contributed by atoms with Crippen LogP contribution >= 0.6 is 11.8 Å². The molecule has 17 heavy (non-hydrogen) atoms. The molecular formula is C13H18N2OS. The lowest BCUT2D eigenvalue weighted by atomic mass is 10.1. The molecule has 0 spiro atoms. The summed E-state index contributed by atoms with van der Waals surface area (Å²) in [5.74, 6) is 2.27. The smallest absolute Gasteiger partial charge is 0.253 e. The van der Waals surface area contributed by atoms with Gasteiger partial charge in [-0.2, -0.15) is 11.8 Å². The molecule has 92 valence electrons. The number of carbonyl (C=O) groups excluding carboxylic acids is 1. The fourth-order valence-corrected chi connectivity index (χ4v) is 3.40. The summed E-state index contributed by atoms with van der Waals surface area (Å²) in [6.45, 7) is 1.96. The maximum Gasteiger partial charge on any atom is 0.253 e. The van der Waals surface area contributed by atoms with Gasteiger partial charge in [0, 0.05) is 30.1 Å². The number of anilines is 1. The third-order valence-corrected chi connectivity index (χ3v) is 4.27. The fraction of sp³-hybridized carbons (Fsp3) is 0.462. The second kappa shape index (κ2) is 5.00. The highest BCUT2D eigenvalue weighted by atomic mass is 32.2. The summed E-state index contributed by atoms with van der Waals surface area (Å²) in [5.41, 5.74) is 8.16. The van der Waals surface area contributed by atoms with E-state index in [4.69, 9.17) is 5.73 Å². The average molecular weight is 250 g/mol. The predicted molar refractivity (Wildman–Crippen MR) is 73.4 cm³/mol. The zero-order valence-electron chi connectivity index (χ0n) is 10.3. The Kier molecular flexibility index (Phi) is 3.62. The molecule has 1 amide bonds. The van der Waals surface area contributed by atoms with Gasteiger partial charge in [-0.1, -0.05) is 0 Å². The minimum Gasteiger partial charge on any atom is -0.399 e. The molecule has 0 radical (unpaired) electrons. The number of nitrogens with two attached hydrogens (primary N) is 1. The van der Waals surface area contributed by atoms with Crippen LogP contribution in [0.4, 0.5) is 5.69 Å². The van der Waals surface area contributed by atoms with Gasteiger partial charge in [-0.05, 0) is 42.9 Å². The zero-order chi connectivity index (χ0) is 12.4. The summed E-state index contributed by atoms with van der Waals surface area (Å²) >= 11 is 1.91. The Morgan fingerprint density at radius 1 is 1.47 bits per heavy atom. The lowest BCUT2D eigenvalue weighted by molar-refractivity contribution is 0.0748. The van der Waals surface area contributed by atoms with E-state index in [1.807, 2.05) is 42.8 Å². The Bertz CT molecular complexity index is 407. The van der Waals surface area contributed by atoms with Crippen molar-refractivity contribution in [1.29, 1.82) is 0 Å². The van der Waals surface area contributed by atoms with Crippen LogP contribution in [0.1, 0.15) is 22.3 Å². The molecule has 0 bridgehead atoms. The normalized spacial score (nSPS) is 19.3. The molecule has 4 heteroatoms. The Hall–Kier alpha value is -1.16. The van der Waals surface area contributed by atoms with E-state index in [1.54, 1.807) is 6.07 Å². The zero-order valence-corrected chi connectivity index (χ0v) is 11.1. The molecule has 1 aromatic rings. The van der Waals surface area contributed by atoms with Crippen molar-refractivity contribution in [1.82, 2.24) is 4.90 Å². The Labute approximate surface area is 106 Å². The minimum atomic E-state index is 0.0768. The number of hydrogen-bond donors (Lipinski definition) is 1. The van der Waals surface area contributed by atoms with Crippen LogP contribution in [0.2, 0.25) is 0 Å². The number of hydrogen-bond acceptors (Lipinski definition) is 3. The number of amides is 1. The lowest BCUT2D eigenvalue weighted by Gasteiger charge is -2.24. The number of nitrogen functional groups attached to an aromatic ring is 1. The Morgan fingerprint density at radius 3 is 2.82 bits per heavy atom. The van der Waals surface area contributed by atoms with Gasteiger partial charge in [0.2, 0.25) is 0 Å². The minimum absolute atomic E-state index is 0.0768. The van der Waals surface area contributed by atoms with Gasteiger partial charge in [-0.25, -0.2) is 0 Å². The fourth-order valence-electron chi connectivity index (χ4n) is 2.13. The van der Waals surface area contributed by atoms with E-state index in [1.165, 1.54) is 0 Å². The highest BCUT2D eigenvalue weighted by Crippen LogP contribution is 2.23. The number of nitrogens with zero attached hydrogens (tertiary/aromatic N) is 1. The summed E-state index contributed by atoms with van der Waals surface area (Å²) in [6.07, 6.45) is 1.09. The molecule has 1 aromatic carbocycles. The quantitative estimate of drug-likeness (QED) is 0.818. The van der Waals surface area contributed by atoms with E-state index in [0.717, 1.165) is 23.5 Å². The van der Waals surface area contributed by atoms with E-state index < -0.39 is 0 Å². The molecule has 3 nitrogen and oxygen atoms in total. The van der Waals surface area contributed by atoms with Crippen molar-refractivity contribution in [2.45, 2.75) is 19.4 Å². The molecular weight excluding hydrogens is 232 g/mol. The van der Waals surface area contributed by atoms with E-state index in [-0.39, 0.29) is 5.91 Å². The van der Waals surface area contributed by atoms with Crippen molar-refractivity contribution in [2.75, 3.05) is 24.3 Å². The van der Waals surface area contributed by atoms with Gasteiger partial charge in [0.25, 0.3) is 5.91 Å². The van der Waals surface area contributed by atoms with E-state index >= 15 is 0 Å². The summed E-state index contributed by atoms with van der Waals surface area (Å²) in [6, 6.07) is 5.90. The third-order valence-electron chi connectivity index (χ3n) is 3.12. The molecule has 1 fully saturated rings. The van der Waals surface area contributed by atoms with Gasteiger partial charge in [0.1, 0.15) is 0 Å². The van der Waals surface area contributed by atoms with Crippen LogP contribution in [-0.4, -0.2) is 35.4 Å². The molecule has 1 heterocycles. The molecule has 0 aromatic heterocycles. The molecule has 2 N–H and O–H groups in total. The second-order valence-electron chi connectivity index (χ2n) is 4.57. The highest BCUT2D eigenvalue weighted by molar-refractivity contribution is 7.99. The molecule has 1 aliphatic rings. The average Bonchev–Trinajstić information content (AvgIpc) is 2.79. The molecule has 1 atom stereocenters.